The van der Waals surface area contributed by atoms with Gasteiger partial charge < -0.3 is 16.4 Å². The molecule has 0 bridgehead atoms. The van der Waals surface area contributed by atoms with Gasteiger partial charge in [0.1, 0.15) is 5.67 Å². The van der Waals surface area contributed by atoms with E-state index in [1.807, 2.05) is 13.8 Å². The van der Waals surface area contributed by atoms with Gasteiger partial charge in [0.15, 0.2) is 0 Å². The third kappa shape index (κ3) is 2.13. The fourth-order valence-electron chi connectivity index (χ4n) is 2.44. The van der Waals surface area contributed by atoms with Crippen LogP contribution in [0.3, 0.4) is 0 Å². The van der Waals surface area contributed by atoms with Crippen LogP contribution in [0.5, 0.6) is 0 Å². The van der Waals surface area contributed by atoms with Crippen molar-refractivity contribution in [3.8, 4) is 0 Å². The van der Waals surface area contributed by atoms with Gasteiger partial charge in [-0.2, -0.15) is 0 Å². The quantitative estimate of drug-likeness (QED) is 0.805. The zero-order valence-corrected chi connectivity index (χ0v) is 11.7. The van der Waals surface area contributed by atoms with Crippen LogP contribution in [0.1, 0.15) is 33.3 Å². The lowest BCUT2D eigenvalue weighted by molar-refractivity contribution is -0.122. The number of halogens is 1. The van der Waals surface area contributed by atoms with Crippen LogP contribution in [0, 0.1) is 0 Å². The van der Waals surface area contributed by atoms with Gasteiger partial charge in [-0.25, -0.2) is 4.39 Å². The highest BCUT2D eigenvalue weighted by Gasteiger charge is 2.45. The molecule has 4 nitrogen and oxygen atoms in total. The molecule has 0 spiro atoms. The van der Waals surface area contributed by atoms with Crippen LogP contribution in [-0.2, 0) is 10.2 Å². The fourth-order valence-corrected chi connectivity index (χ4v) is 2.44. The van der Waals surface area contributed by atoms with E-state index in [4.69, 9.17) is 11.5 Å². The van der Waals surface area contributed by atoms with E-state index in [-0.39, 0.29) is 12.5 Å². The third-order valence-corrected chi connectivity index (χ3v) is 3.48. The summed E-state index contributed by atoms with van der Waals surface area (Å²) in [7, 11) is 0. The second-order valence-electron chi connectivity index (χ2n) is 6.23. The van der Waals surface area contributed by atoms with Gasteiger partial charge in [0.2, 0.25) is 5.91 Å². The first-order chi connectivity index (χ1) is 8.54. The molecule has 0 radical (unpaired) electrons. The predicted octanol–water partition coefficient (Wildman–Crippen LogP) is 2.22. The van der Waals surface area contributed by atoms with E-state index in [0.29, 0.717) is 17.1 Å². The smallest absolute Gasteiger partial charge is 0.237 e. The molecule has 1 amide bonds. The molecule has 1 aliphatic rings. The van der Waals surface area contributed by atoms with E-state index < -0.39 is 11.1 Å². The predicted molar refractivity (Wildman–Crippen MR) is 75.8 cm³/mol. The van der Waals surface area contributed by atoms with Crippen molar-refractivity contribution < 1.29 is 9.18 Å². The van der Waals surface area contributed by atoms with Gasteiger partial charge in [0.25, 0.3) is 0 Å². The number of nitrogen functional groups attached to an aromatic ring is 2. The molecule has 104 valence electrons. The molecule has 0 saturated heterocycles. The van der Waals surface area contributed by atoms with Gasteiger partial charge in [-0.05, 0) is 45.4 Å². The lowest BCUT2D eigenvalue weighted by atomic mass is 9.86. The van der Waals surface area contributed by atoms with Gasteiger partial charge >= 0.3 is 0 Å². The minimum atomic E-state index is -1.47. The van der Waals surface area contributed by atoms with Crippen LogP contribution in [0.25, 0.3) is 0 Å². The molecular formula is C14H20FN3O. The van der Waals surface area contributed by atoms with Gasteiger partial charge in [-0.1, -0.05) is 0 Å². The molecule has 2 rings (SSSR count). The number of rotatable bonds is 2. The Hall–Kier alpha value is -1.78. The molecule has 1 aromatic carbocycles. The molecule has 1 heterocycles. The van der Waals surface area contributed by atoms with Gasteiger partial charge in [0.05, 0.1) is 29.0 Å². The summed E-state index contributed by atoms with van der Waals surface area (Å²) >= 11 is 0. The van der Waals surface area contributed by atoms with Crippen LogP contribution in [-0.4, -0.2) is 18.1 Å². The van der Waals surface area contributed by atoms with Crippen molar-refractivity contribution in [1.29, 1.82) is 0 Å². The Labute approximate surface area is 112 Å². The first-order valence-corrected chi connectivity index (χ1v) is 6.24. The summed E-state index contributed by atoms with van der Waals surface area (Å²) in [5.41, 5.74) is 11.7. The summed E-state index contributed by atoms with van der Waals surface area (Å²) in [4.78, 5) is 13.9. The Bertz CT molecular complexity index is 546. The zero-order chi connectivity index (χ0) is 14.6. The first kappa shape index (κ1) is 13.6. The number of anilines is 3. The molecule has 0 fully saturated rings. The van der Waals surface area contributed by atoms with Crippen molar-refractivity contribution in [3.63, 3.8) is 0 Å². The highest BCUT2D eigenvalue weighted by atomic mass is 19.1. The average molecular weight is 265 g/mol. The number of fused-ring (bicyclic) bond motifs is 1. The van der Waals surface area contributed by atoms with Crippen molar-refractivity contribution in [2.45, 2.75) is 38.8 Å². The number of nitrogens with two attached hydrogens (primary N) is 2. The lowest BCUT2D eigenvalue weighted by Gasteiger charge is -2.25. The van der Waals surface area contributed by atoms with Crippen molar-refractivity contribution in [3.05, 3.63) is 17.7 Å². The van der Waals surface area contributed by atoms with Crippen LogP contribution in [0.2, 0.25) is 0 Å². The Kier molecular flexibility index (Phi) is 2.77. The number of amides is 1. The molecule has 1 aromatic rings. The summed E-state index contributed by atoms with van der Waals surface area (Å²) in [6.45, 7) is 6.54. The first-order valence-electron chi connectivity index (χ1n) is 6.24. The molecule has 1 aliphatic heterocycles. The SMILES string of the molecule is CC(C)(F)CN1C(=O)C(C)(C)c2cc(N)c(N)cc21. The van der Waals surface area contributed by atoms with Crippen LogP contribution in [0.15, 0.2) is 12.1 Å². The zero-order valence-electron chi connectivity index (χ0n) is 11.7. The fraction of sp³-hybridized carbons (Fsp3) is 0.500. The van der Waals surface area contributed by atoms with Gasteiger partial charge in [-0.15, -0.1) is 0 Å². The van der Waals surface area contributed by atoms with E-state index in [1.165, 1.54) is 18.7 Å². The van der Waals surface area contributed by atoms with Crippen molar-refractivity contribution in [1.82, 2.24) is 0 Å². The maximum atomic E-state index is 13.9. The van der Waals surface area contributed by atoms with E-state index in [2.05, 4.69) is 0 Å². The number of benzene rings is 1. The van der Waals surface area contributed by atoms with E-state index in [1.54, 1.807) is 12.1 Å². The second kappa shape index (κ2) is 3.85. The molecule has 0 atom stereocenters. The van der Waals surface area contributed by atoms with E-state index >= 15 is 0 Å². The van der Waals surface area contributed by atoms with E-state index in [9.17, 15) is 9.18 Å². The topological polar surface area (TPSA) is 72.3 Å². The van der Waals surface area contributed by atoms with E-state index in [0.717, 1.165) is 5.56 Å². The number of alkyl halides is 1. The summed E-state index contributed by atoms with van der Waals surface area (Å²) < 4.78 is 13.9. The molecule has 0 unspecified atom stereocenters. The van der Waals surface area contributed by atoms with Gasteiger partial charge in [0, 0.05) is 0 Å². The maximum Gasteiger partial charge on any atom is 0.237 e. The Morgan fingerprint density at radius 1 is 1.26 bits per heavy atom. The Morgan fingerprint density at radius 3 is 2.32 bits per heavy atom. The molecule has 0 aromatic heterocycles. The minimum Gasteiger partial charge on any atom is -0.397 e. The largest absolute Gasteiger partial charge is 0.397 e. The van der Waals surface area contributed by atoms with Gasteiger partial charge in [-0.3, -0.25) is 4.79 Å². The number of carbonyl (C=O) groups excluding carboxylic acids is 1. The van der Waals surface area contributed by atoms with Crippen molar-refractivity contribution >= 4 is 23.0 Å². The van der Waals surface area contributed by atoms with Crippen molar-refractivity contribution in [2.24, 2.45) is 0 Å². The van der Waals surface area contributed by atoms with Crippen LogP contribution in [0.4, 0.5) is 21.5 Å². The van der Waals surface area contributed by atoms with Crippen LogP contribution >= 0.6 is 0 Å². The Morgan fingerprint density at radius 2 is 1.79 bits per heavy atom. The molecule has 0 saturated carbocycles. The number of nitrogens with zero attached hydrogens (tertiary/aromatic N) is 1. The average Bonchev–Trinajstić information content (AvgIpc) is 2.41. The van der Waals surface area contributed by atoms with Crippen LogP contribution < -0.4 is 16.4 Å². The highest BCUT2D eigenvalue weighted by molar-refractivity contribution is 6.08. The summed E-state index contributed by atoms with van der Waals surface area (Å²) in [5, 5.41) is 0. The summed E-state index contributed by atoms with van der Waals surface area (Å²) in [6.07, 6.45) is 0. The minimum absolute atomic E-state index is 0.00558. The molecule has 5 heteroatoms. The lowest BCUT2D eigenvalue weighted by Crippen LogP contribution is -2.42. The second-order valence-corrected chi connectivity index (χ2v) is 6.23. The normalized spacial score (nSPS) is 17.7. The molecule has 19 heavy (non-hydrogen) atoms. The van der Waals surface area contributed by atoms with Crippen molar-refractivity contribution in [2.75, 3.05) is 22.9 Å². The highest BCUT2D eigenvalue weighted by Crippen LogP contribution is 2.44. The number of hydrogen-bond donors (Lipinski definition) is 2. The summed E-state index contributed by atoms with van der Waals surface area (Å²) in [5.74, 6) is -0.127. The number of hydrogen-bond acceptors (Lipinski definition) is 3. The monoisotopic (exact) mass is 265 g/mol. The summed E-state index contributed by atoms with van der Waals surface area (Å²) in [6, 6.07) is 3.37. The third-order valence-electron chi connectivity index (χ3n) is 3.48. The number of carbonyl (C=O) groups is 1. The standard InChI is InChI=1S/C14H20FN3O/c1-13(2,15)7-18-11-6-10(17)9(16)5-8(11)14(3,4)12(18)19/h5-6H,7,16-17H2,1-4H3. The molecular weight excluding hydrogens is 245 g/mol. The molecule has 4 N–H and O–H groups in total. The maximum absolute atomic E-state index is 13.9. The molecule has 0 aliphatic carbocycles. The Balaban J connectivity index is 2.57.